The molecule has 0 bridgehead atoms. The van der Waals surface area contributed by atoms with Crippen molar-refractivity contribution in [3.63, 3.8) is 0 Å². The van der Waals surface area contributed by atoms with E-state index in [1.165, 1.54) is 11.4 Å². The quantitative estimate of drug-likeness (QED) is 0.602. The molecule has 7 nitrogen and oxygen atoms in total. The summed E-state index contributed by atoms with van der Waals surface area (Å²) in [6.07, 6.45) is 0. The molecule has 1 aliphatic rings. The molecule has 1 N–H and O–H groups in total. The van der Waals surface area contributed by atoms with Gasteiger partial charge in [-0.15, -0.1) is 0 Å². The minimum atomic E-state index is 0.794. The van der Waals surface area contributed by atoms with Crippen LogP contribution >= 0.6 is 0 Å². The average molecular weight is 411 g/mol. The van der Waals surface area contributed by atoms with Crippen LogP contribution in [0.3, 0.4) is 0 Å². The minimum absolute atomic E-state index is 0.794. The first-order chi connectivity index (χ1) is 14.6. The number of quaternary nitrogens is 1. The molecule has 3 heterocycles. The van der Waals surface area contributed by atoms with Gasteiger partial charge < -0.3 is 19.3 Å². The minimum Gasteiger partial charge on any atom is -0.497 e. The van der Waals surface area contributed by atoms with Crippen LogP contribution in [0.5, 0.6) is 5.75 Å². The summed E-state index contributed by atoms with van der Waals surface area (Å²) < 4.78 is 12.8. The molecule has 0 spiro atoms. The monoisotopic (exact) mass is 410 g/mol. The number of nitrogens with one attached hydrogen (secondary N) is 1. The smallest absolute Gasteiger partial charge is 0.158 e. The van der Waals surface area contributed by atoms with Crippen LogP contribution in [0, 0.1) is 13.8 Å². The van der Waals surface area contributed by atoms with Crippen molar-refractivity contribution in [2.45, 2.75) is 20.8 Å². The fourth-order valence-electron chi connectivity index (χ4n) is 4.10. The number of nitrogens with zero attached hydrogens (tertiary/aromatic N) is 4. The van der Waals surface area contributed by atoms with E-state index < -0.39 is 0 Å². The predicted octanol–water partition coefficient (Wildman–Crippen LogP) is 1.76. The van der Waals surface area contributed by atoms with Gasteiger partial charge in [-0.2, -0.15) is 9.61 Å². The summed E-state index contributed by atoms with van der Waals surface area (Å²) in [5, 5.41) is 4.94. The molecule has 0 atom stereocenters. The first-order valence-electron chi connectivity index (χ1n) is 10.8. The molecule has 3 aromatic rings. The fourth-order valence-corrected chi connectivity index (χ4v) is 4.10. The molecule has 0 amide bonds. The van der Waals surface area contributed by atoms with Crippen molar-refractivity contribution in [1.29, 1.82) is 0 Å². The molecule has 0 saturated carbocycles. The molecular formula is C23H32N5O2+. The average Bonchev–Trinajstić information content (AvgIpc) is 3.19. The Labute approximate surface area is 178 Å². The SMILES string of the molecule is CCOCC[NH+]1CCN(c2c(C)c(C)nc3cc(-c4ccc(OC)cc4)nn23)CC1. The summed E-state index contributed by atoms with van der Waals surface area (Å²) in [5.74, 6) is 2.01. The predicted molar refractivity (Wildman–Crippen MR) is 119 cm³/mol. The number of hydrogen-bond donors (Lipinski definition) is 1. The van der Waals surface area contributed by atoms with Crippen LogP contribution in [0.25, 0.3) is 16.9 Å². The van der Waals surface area contributed by atoms with Crippen molar-refractivity contribution >= 4 is 11.5 Å². The first kappa shape index (κ1) is 20.6. The second-order valence-electron chi connectivity index (χ2n) is 7.86. The van der Waals surface area contributed by atoms with Gasteiger partial charge in [0.2, 0.25) is 0 Å². The third kappa shape index (κ3) is 4.13. The van der Waals surface area contributed by atoms with Gasteiger partial charge in [0.05, 0.1) is 45.6 Å². The number of benzene rings is 1. The van der Waals surface area contributed by atoms with Crippen LogP contribution in [0.2, 0.25) is 0 Å². The number of aryl methyl sites for hydroxylation is 1. The highest BCUT2D eigenvalue weighted by Gasteiger charge is 2.25. The van der Waals surface area contributed by atoms with Gasteiger partial charge in [-0.25, -0.2) is 4.98 Å². The van der Waals surface area contributed by atoms with Crippen LogP contribution in [0.4, 0.5) is 5.82 Å². The Bertz CT molecular complexity index is 991. The van der Waals surface area contributed by atoms with E-state index in [-0.39, 0.29) is 0 Å². The summed E-state index contributed by atoms with van der Waals surface area (Å²) in [6.45, 7) is 13.3. The summed E-state index contributed by atoms with van der Waals surface area (Å²) >= 11 is 0. The zero-order chi connectivity index (χ0) is 21.1. The third-order valence-corrected chi connectivity index (χ3v) is 6.01. The van der Waals surface area contributed by atoms with Gasteiger partial charge in [0.15, 0.2) is 5.65 Å². The number of fused-ring (bicyclic) bond motifs is 1. The van der Waals surface area contributed by atoms with E-state index in [1.54, 1.807) is 12.0 Å². The van der Waals surface area contributed by atoms with E-state index in [0.29, 0.717) is 0 Å². The Kier molecular flexibility index (Phi) is 6.20. The van der Waals surface area contributed by atoms with E-state index in [2.05, 4.69) is 31.7 Å². The Morgan fingerprint density at radius 1 is 1.10 bits per heavy atom. The Hall–Kier alpha value is -2.64. The summed E-state index contributed by atoms with van der Waals surface area (Å²) in [5.41, 5.74) is 5.14. The van der Waals surface area contributed by atoms with Crippen molar-refractivity contribution in [3.8, 4) is 17.0 Å². The van der Waals surface area contributed by atoms with Crippen LogP contribution < -0.4 is 14.5 Å². The first-order valence-corrected chi connectivity index (χ1v) is 10.8. The lowest BCUT2D eigenvalue weighted by Crippen LogP contribution is -3.15. The Morgan fingerprint density at radius 3 is 2.50 bits per heavy atom. The molecule has 1 saturated heterocycles. The van der Waals surface area contributed by atoms with Gasteiger partial charge in [-0.1, -0.05) is 0 Å². The maximum Gasteiger partial charge on any atom is 0.158 e. The topological polar surface area (TPSA) is 56.3 Å². The van der Waals surface area contributed by atoms with Crippen LogP contribution in [0.15, 0.2) is 30.3 Å². The molecule has 1 aliphatic heterocycles. The standard InChI is InChI=1S/C23H31N5O2/c1-5-30-15-14-26-10-12-27(13-11-26)23-17(2)18(3)24-22-16-21(25-28(22)23)19-6-8-20(29-4)9-7-19/h6-9,16H,5,10-15H2,1-4H3/p+1. The Balaban J connectivity index is 1.61. The van der Waals surface area contributed by atoms with Crippen LogP contribution in [0.1, 0.15) is 18.2 Å². The zero-order valence-corrected chi connectivity index (χ0v) is 18.4. The fraction of sp³-hybridized carbons (Fsp3) is 0.478. The highest BCUT2D eigenvalue weighted by Crippen LogP contribution is 2.27. The summed E-state index contributed by atoms with van der Waals surface area (Å²) in [6, 6.07) is 10.1. The second kappa shape index (κ2) is 9.02. The third-order valence-electron chi connectivity index (χ3n) is 6.01. The van der Waals surface area contributed by atoms with Gasteiger partial charge in [-0.05, 0) is 45.0 Å². The lowest BCUT2D eigenvalue weighted by molar-refractivity contribution is -0.901. The molecule has 30 heavy (non-hydrogen) atoms. The van der Waals surface area contributed by atoms with Crippen molar-refractivity contribution in [3.05, 3.63) is 41.6 Å². The molecule has 2 aromatic heterocycles. The molecule has 0 unspecified atom stereocenters. The highest BCUT2D eigenvalue weighted by molar-refractivity contribution is 5.67. The molecule has 7 heteroatoms. The lowest BCUT2D eigenvalue weighted by Gasteiger charge is -2.34. The van der Waals surface area contributed by atoms with E-state index in [4.69, 9.17) is 19.6 Å². The molecule has 0 aliphatic carbocycles. The van der Waals surface area contributed by atoms with E-state index in [1.807, 2.05) is 28.8 Å². The summed E-state index contributed by atoms with van der Waals surface area (Å²) in [7, 11) is 1.68. The van der Waals surface area contributed by atoms with Gasteiger partial charge in [-0.3, -0.25) is 0 Å². The lowest BCUT2D eigenvalue weighted by atomic mass is 10.1. The Morgan fingerprint density at radius 2 is 1.83 bits per heavy atom. The number of aromatic nitrogens is 3. The second-order valence-corrected chi connectivity index (χ2v) is 7.86. The van der Waals surface area contributed by atoms with Crippen molar-refractivity contribution in [2.24, 2.45) is 0 Å². The highest BCUT2D eigenvalue weighted by atomic mass is 16.5. The number of hydrogen-bond acceptors (Lipinski definition) is 5. The molecule has 4 rings (SSSR count). The number of rotatable bonds is 7. The largest absolute Gasteiger partial charge is 0.497 e. The zero-order valence-electron chi connectivity index (χ0n) is 18.4. The van der Waals surface area contributed by atoms with Gasteiger partial charge in [0.1, 0.15) is 18.1 Å². The molecule has 0 radical (unpaired) electrons. The van der Waals surface area contributed by atoms with Gasteiger partial charge in [0.25, 0.3) is 0 Å². The van der Waals surface area contributed by atoms with Crippen LogP contribution in [-0.4, -0.2) is 67.6 Å². The van der Waals surface area contributed by atoms with E-state index in [0.717, 1.165) is 74.3 Å². The van der Waals surface area contributed by atoms with Crippen molar-refractivity contribution < 1.29 is 14.4 Å². The van der Waals surface area contributed by atoms with Gasteiger partial charge >= 0.3 is 0 Å². The van der Waals surface area contributed by atoms with Gasteiger partial charge in [0, 0.05) is 29.5 Å². The number of methoxy groups -OCH3 is 1. The van der Waals surface area contributed by atoms with Crippen molar-refractivity contribution in [2.75, 3.05) is 57.9 Å². The maximum atomic E-state index is 5.53. The van der Waals surface area contributed by atoms with Crippen molar-refractivity contribution in [1.82, 2.24) is 14.6 Å². The molecular weight excluding hydrogens is 378 g/mol. The molecule has 1 aromatic carbocycles. The maximum absolute atomic E-state index is 5.53. The summed E-state index contributed by atoms with van der Waals surface area (Å²) in [4.78, 5) is 8.88. The van der Waals surface area contributed by atoms with E-state index >= 15 is 0 Å². The molecule has 160 valence electrons. The molecule has 1 fully saturated rings. The normalized spacial score (nSPS) is 15.1. The van der Waals surface area contributed by atoms with Crippen LogP contribution in [-0.2, 0) is 4.74 Å². The number of anilines is 1. The number of piperazine rings is 1. The number of ether oxygens (including phenoxy) is 2. The van der Waals surface area contributed by atoms with E-state index in [9.17, 15) is 0 Å².